The average Bonchev–Trinajstić information content (AvgIpc) is 2.61. The van der Waals surface area contributed by atoms with E-state index in [0.29, 0.717) is 24.9 Å². The van der Waals surface area contributed by atoms with E-state index in [1.807, 2.05) is 36.4 Å². The average molecular weight is 327 g/mol. The van der Waals surface area contributed by atoms with Gasteiger partial charge in [0.15, 0.2) is 0 Å². The van der Waals surface area contributed by atoms with Crippen LogP contribution in [0.5, 0.6) is 0 Å². The molecule has 1 fully saturated rings. The third-order valence-corrected chi connectivity index (χ3v) is 4.73. The summed E-state index contributed by atoms with van der Waals surface area (Å²) in [6.45, 7) is 0.871. The summed E-state index contributed by atoms with van der Waals surface area (Å²) in [5.74, 6) is -1.03. The Morgan fingerprint density at radius 3 is 2.67 bits per heavy atom. The van der Waals surface area contributed by atoms with Gasteiger partial charge in [0.1, 0.15) is 5.41 Å². The summed E-state index contributed by atoms with van der Waals surface area (Å²) in [6, 6.07) is 13.5. The van der Waals surface area contributed by atoms with Crippen LogP contribution in [0.25, 0.3) is 10.8 Å². The molecule has 1 atom stereocenters. The van der Waals surface area contributed by atoms with Crippen LogP contribution in [0, 0.1) is 5.41 Å². The number of methoxy groups -OCH3 is 1. The molecular formula is C19H21NO4. The number of amides is 1. The van der Waals surface area contributed by atoms with Crippen molar-refractivity contribution < 1.29 is 19.4 Å². The lowest BCUT2D eigenvalue weighted by molar-refractivity contribution is -0.155. The Hall–Kier alpha value is -2.40. The van der Waals surface area contributed by atoms with Gasteiger partial charge in [-0.1, -0.05) is 30.3 Å². The van der Waals surface area contributed by atoms with Crippen molar-refractivity contribution in [3.8, 4) is 0 Å². The van der Waals surface area contributed by atoms with E-state index in [1.54, 1.807) is 11.0 Å². The van der Waals surface area contributed by atoms with Crippen LogP contribution in [-0.4, -0.2) is 48.7 Å². The molecule has 1 aliphatic heterocycles. The Balaban J connectivity index is 1.86. The fraction of sp³-hybridized carbons (Fsp3) is 0.368. The third-order valence-electron chi connectivity index (χ3n) is 4.73. The van der Waals surface area contributed by atoms with Gasteiger partial charge >= 0.3 is 5.97 Å². The van der Waals surface area contributed by atoms with E-state index >= 15 is 0 Å². The molecule has 1 unspecified atom stereocenters. The molecule has 3 rings (SSSR count). The minimum Gasteiger partial charge on any atom is -0.481 e. The van der Waals surface area contributed by atoms with Crippen molar-refractivity contribution in [3.63, 3.8) is 0 Å². The van der Waals surface area contributed by atoms with Crippen molar-refractivity contribution in [2.45, 2.75) is 12.8 Å². The molecule has 0 radical (unpaired) electrons. The number of hydrogen-bond acceptors (Lipinski definition) is 3. The van der Waals surface area contributed by atoms with E-state index in [4.69, 9.17) is 4.74 Å². The summed E-state index contributed by atoms with van der Waals surface area (Å²) in [4.78, 5) is 26.2. The number of nitrogens with zero attached hydrogens (tertiary/aromatic N) is 1. The molecule has 2 aromatic rings. The van der Waals surface area contributed by atoms with Gasteiger partial charge in [-0.25, -0.2) is 0 Å². The van der Waals surface area contributed by atoms with Crippen molar-refractivity contribution in [2.75, 3.05) is 26.8 Å². The lowest BCUT2D eigenvalue weighted by Crippen LogP contribution is -2.52. The van der Waals surface area contributed by atoms with Crippen molar-refractivity contribution >= 4 is 22.6 Å². The van der Waals surface area contributed by atoms with Crippen molar-refractivity contribution in [1.82, 2.24) is 4.90 Å². The number of benzene rings is 2. The molecule has 2 aromatic carbocycles. The molecule has 24 heavy (non-hydrogen) atoms. The first-order chi connectivity index (χ1) is 11.6. The van der Waals surface area contributed by atoms with Gasteiger partial charge in [0.2, 0.25) is 0 Å². The molecule has 0 saturated carbocycles. The van der Waals surface area contributed by atoms with Gasteiger partial charge in [0.05, 0.1) is 6.61 Å². The highest BCUT2D eigenvalue weighted by atomic mass is 16.5. The standard InChI is InChI=1S/C19H21NO4/c1-24-13-19(18(22)23)9-4-10-20(12-19)17(21)16-8-7-14-5-2-3-6-15(14)11-16/h2-3,5-8,11H,4,9-10,12-13H2,1H3,(H,22,23). The van der Waals surface area contributed by atoms with E-state index in [0.717, 1.165) is 10.8 Å². The van der Waals surface area contributed by atoms with Crippen LogP contribution in [0.4, 0.5) is 0 Å². The molecule has 0 bridgehead atoms. The highest BCUT2D eigenvalue weighted by Crippen LogP contribution is 2.32. The third kappa shape index (κ3) is 2.99. The molecule has 1 aliphatic rings. The molecule has 0 spiro atoms. The second kappa shape index (κ2) is 6.61. The highest BCUT2D eigenvalue weighted by molar-refractivity contribution is 5.99. The summed E-state index contributed by atoms with van der Waals surface area (Å²) >= 11 is 0. The molecule has 1 saturated heterocycles. The zero-order chi connectivity index (χ0) is 17.2. The van der Waals surface area contributed by atoms with Gasteiger partial charge in [-0.3, -0.25) is 9.59 Å². The molecule has 1 N–H and O–H groups in total. The van der Waals surface area contributed by atoms with Crippen molar-refractivity contribution in [1.29, 1.82) is 0 Å². The molecule has 126 valence electrons. The number of hydrogen-bond donors (Lipinski definition) is 1. The first-order valence-electron chi connectivity index (χ1n) is 8.06. The van der Waals surface area contributed by atoms with Gasteiger partial charge in [-0.2, -0.15) is 0 Å². The van der Waals surface area contributed by atoms with Crippen LogP contribution in [-0.2, 0) is 9.53 Å². The van der Waals surface area contributed by atoms with E-state index in [9.17, 15) is 14.7 Å². The van der Waals surface area contributed by atoms with Crippen molar-refractivity contribution in [2.24, 2.45) is 5.41 Å². The lowest BCUT2D eigenvalue weighted by atomic mass is 9.80. The highest BCUT2D eigenvalue weighted by Gasteiger charge is 2.43. The number of piperidine rings is 1. The molecule has 5 nitrogen and oxygen atoms in total. The number of fused-ring (bicyclic) bond motifs is 1. The summed E-state index contributed by atoms with van der Waals surface area (Å²) in [5.41, 5.74) is -0.424. The predicted molar refractivity (Wildman–Crippen MR) is 91.0 cm³/mol. The summed E-state index contributed by atoms with van der Waals surface area (Å²) in [5, 5.41) is 11.7. The van der Waals surface area contributed by atoms with Gasteiger partial charge < -0.3 is 14.7 Å². The number of aliphatic carboxylic acids is 1. The van der Waals surface area contributed by atoms with E-state index in [-0.39, 0.29) is 19.1 Å². The molecular weight excluding hydrogens is 306 g/mol. The van der Waals surface area contributed by atoms with Crippen molar-refractivity contribution in [3.05, 3.63) is 48.0 Å². The van der Waals surface area contributed by atoms with Crippen LogP contribution in [0.15, 0.2) is 42.5 Å². The van der Waals surface area contributed by atoms with Crippen LogP contribution < -0.4 is 0 Å². The Bertz CT molecular complexity index is 769. The van der Waals surface area contributed by atoms with Gasteiger partial charge in [-0.15, -0.1) is 0 Å². The number of carboxylic acids is 1. The SMILES string of the molecule is COCC1(C(=O)O)CCCN(C(=O)c2ccc3ccccc3c2)C1. The molecule has 0 aliphatic carbocycles. The van der Waals surface area contributed by atoms with Crippen LogP contribution in [0.1, 0.15) is 23.2 Å². The number of rotatable bonds is 4. The Morgan fingerprint density at radius 1 is 1.21 bits per heavy atom. The second-order valence-corrected chi connectivity index (χ2v) is 6.41. The van der Waals surface area contributed by atoms with E-state index < -0.39 is 11.4 Å². The van der Waals surface area contributed by atoms with Gasteiger partial charge in [-0.05, 0) is 35.7 Å². The fourth-order valence-electron chi connectivity index (χ4n) is 3.44. The Kier molecular flexibility index (Phi) is 4.53. The number of likely N-dealkylation sites (tertiary alicyclic amines) is 1. The number of carbonyl (C=O) groups excluding carboxylic acids is 1. The first-order valence-corrected chi connectivity index (χ1v) is 8.06. The molecule has 1 heterocycles. The maximum Gasteiger partial charge on any atom is 0.313 e. The zero-order valence-corrected chi connectivity index (χ0v) is 13.7. The normalized spacial score (nSPS) is 21.0. The summed E-state index contributed by atoms with van der Waals surface area (Å²) < 4.78 is 5.12. The smallest absolute Gasteiger partial charge is 0.313 e. The minimum absolute atomic E-state index is 0.115. The largest absolute Gasteiger partial charge is 0.481 e. The summed E-state index contributed by atoms with van der Waals surface area (Å²) in [6.07, 6.45) is 1.19. The van der Waals surface area contributed by atoms with Gasteiger partial charge in [0.25, 0.3) is 5.91 Å². The molecule has 1 amide bonds. The molecule has 0 aromatic heterocycles. The minimum atomic E-state index is -1.01. The van der Waals surface area contributed by atoms with E-state index in [1.165, 1.54) is 7.11 Å². The number of carbonyl (C=O) groups is 2. The fourth-order valence-corrected chi connectivity index (χ4v) is 3.44. The Labute approximate surface area is 140 Å². The quantitative estimate of drug-likeness (QED) is 0.938. The monoisotopic (exact) mass is 327 g/mol. The second-order valence-electron chi connectivity index (χ2n) is 6.41. The molecule has 5 heteroatoms. The number of carboxylic acid groups (broad SMARTS) is 1. The Morgan fingerprint density at radius 2 is 1.96 bits per heavy atom. The van der Waals surface area contributed by atoms with Crippen LogP contribution >= 0.6 is 0 Å². The van der Waals surface area contributed by atoms with Crippen LogP contribution in [0.3, 0.4) is 0 Å². The number of ether oxygens (including phenoxy) is 1. The maximum atomic E-state index is 12.9. The van der Waals surface area contributed by atoms with Gasteiger partial charge in [0, 0.05) is 25.8 Å². The predicted octanol–water partition coefficient (Wildman–Crippen LogP) is 2.79. The summed E-state index contributed by atoms with van der Waals surface area (Å²) in [7, 11) is 1.49. The van der Waals surface area contributed by atoms with E-state index in [2.05, 4.69) is 0 Å². The van der Waals surface area contributed by atoms with Crippen LogP contribution in [0.2, 0.25) is 0 Å². The lowest BCUT2D eigenvalue weighted by Gasteiger charge is -2.39. The first kappa shape index (κ1) is 16.5. The zero-order valence-electron chi connectivity index (χ0n) is 13.7. The topological polar surface area (TPSA) is 66.8 Å². The maximum absolute atomic E-state index is 12.9.